The zero-order chi connectivity index (χ0) is 10.6. The molecule has 0 N–H and O–H groups in total. The molecule has 0 amide bonds. The summed E-state index contributed by atoms with van der Waals surface area (Å²) < 4.78 is 0. The molecule has 0 radical (unpaired) electrons. The van der Waals surface area contributed by atoms with Gasteiger partial charge in [-0.2, -0.15) is 0 Å². The first-order valence-electron chi connectivity index (χ1n) is 4.92. The van der Waals surface area contributed by atoms with Crippen molar-refractivity contribution in [3.05, 3.63) is 41.1 Å². The largest absolute Gasteiger partial charge is 0.269 e. The van der Waals surface area contributed by atoms with Crippen LogP contribution in [0.5, 0.6) is 0 Å². The standard InChI is InChI=1S/C13H17N/c1-5-12-6-8-13(9-7-12)10(2)11(3)14-4/h6-9H,4-5H2,1-3H3/b11-10+. The second kappa shape index (κ2) is 4.75. The summed E-state index contributed by atoms with van der Waals surface area (Å²) in [6.07, 6.45) is 1.09. The predicted molar refractivity (Wildman–Crippen MR) is 63.6 cm³/mol. The number of aryl methyl sites for hydroxylation is 1. The predicted octanol–water partition coefficient (Wildman–Crippen LogP) is 3.70. The summed E-state index contributed by atoms with van der Waals surface area (Å²) in [7, 11) is 0. The quantitative estimate of drug-likeness (QED) is 0.640. The molecule has 0 bridgehead atoms. The van der Waals surface area contributed by atoms with Gasteiger partial charge in [0.25, 0.3) is 0 Å². The van der Waals surface area contributed by atoms with Crippen LogP contribution in [0.4, 0.5) is 0 Å². The van der Waals surface area contributed by atoms with Crippen LogP contribution in [-0.2, 0) is 6.42 Å². The monoisotopic (exact) mass is 187 g/mol. The second-order valence-corrected chi connectivity index (χ2v) is 3.42. The maximum absolute atomic E-state index is 3.94. The van der Waals surface area contributed by atoms with Gasteiger partial charge in [-0.3, -0.25) is 4.99 Å². The molecule has 0 saturated carbocycles. The highest BCUT2D eigenvalue weighted by molar-refractivity contribution is 5.67. The van der Waals surface area contributed by atoms with Gasteiger partial charge in [0.1, 0.15) is 0 Å². The van der Waals surface area contributed by atoms with Crippen molar-refractivity contribution in [2.45, 2.75) is 27.2 Å². The van der Waals surface area contributed by atoms with Gasteiger partial charge in [0, 0.05) is 5.70 Å². The lowest BCUT2D eigenvalue weighted by Crippen LogP contribution is -1.85. The third-order valence-electron chi connectivity index (χ3n) is 2.58. The summed E-state index contributed by atoms with van der Waals surface area (Å²) in [6, 6.07) is 8.61. The number of hydrogen-bond acceptors (Lipinski definition) is 1. The Balaban J connectivity index is 3.03. The lowest BCUT2D eigenvalue weighted by molar-refractivity contribution is 1.14. The number of benzene rings is 1. The van der Waals surface area contributed by atoms with Crippen molar-refractivity contribution in [3.63, 3.8) is 0 Å². The average molecular weight is 187 g/mol. The average Bonchev–Trinajstić information content (AvgIpc) is 2.27. The van der Waals surface area contributed by atoms with Crippen LogP contribution in [0.1, 0.15) is 31.9 Å². The number of rotatable bonds is 3. The Bertz CT molecular complexity index is 344. The van der Waals surface area contributed by atoms with Gasteiger partial charge in [0.15, 0.2) is 0 Å². The van der Waals surface area contributed by atoms with E-state index in [0.717, 1.165) is 12.1 Å². The summed E-state index contributed by atoms with van der Waals surface area (Å²) in [5.74, 6) is 0. The molecule has 0 spiro atoms. The van der Waals surface area contributed by atoms with Crippen molar-refractivity contribution in [2.75, 3.05) is 0 Å². The minimum Gasteiger partial charge on any atom is -0.269 e. The fourth-order valence-corrected chi connectivity index (χ4v) is 1.32. The third-order valence-corrected chi connectivity index (χ3v) is 2.58. The highest BCUT2D eigenvalue weighted by atomic mass is 14.7. The van der Waals surface area contributed by atoms with Gasteiger partial charge in [0.2, 0.25) is 0 Å². The molecule has 0 aromatic heterocycles. The molecule has 1 nitrogen and oxygen atoms in total. The van der Waals surface area contributed by atoms with Gasteiger partial charge in [-0.25, -0.2) is 0 Å². The van der Waals surface area contributed by atoms with E-state index in [-0.39, 0.29) is 0 Å². The van der Waals surface area contributed by atoms with Gasteiger partial charge < -0.3 is 0 Å². The summed E-state index contributed by atoms with van der Waals surface area (Å²) in [5, 5.41) is 0. The number of allylic oxidation sites excluding steroid dienone is 2. The van der Waals surface area contributed by atoms with Crippen LogP contribution in [0.25, 0.3) is 5.57 Å². The van der Waals surface area contributed by atoms with Crippen LogP contribution >= 0.6 is 0 Å². The van der Waals surface area contributed by atoms with Crippen molar-refractivity contribution >= 4 is 12.3 Å². The molecule has 14 heavy (non-hydrogen) atoms. The van der Waals surface area contributed by atoms with Gasteiger partial charge in [-0.15, -0.1) is 0 Å². The maximum atomic E-state index is 3.94. The molecule has 0 atom stereocenters. The summed E-state index contributed by atoms with van der Waals surface area (Å²) in [4.78, 5) is 3.94. The molecule has 0 fully saturated rings. The van der Waals surface area contributed by atoms with Crippen molar-refractivity contribution in [3.8, 4) is 0 Å². The molecule has 0 unspecified atom stereocenters. The van der Waals surface area contributed by atoms with Crippen LogP contribution in [0.15, 0.2) is 35.0 Å². The number of aliphatic imine (C=N–C) groups is 1. The van der Waals surface area contributed by atoms with E-state index in [9.17, 15) is 0 Å². The van der Waals surface area contributed by atoms with Gasteiger partial charge >= 0.3 is 0 Å². The zero-order valence-electron chi connectivity index (χ0n) is 9.17. The van der Waals surface area contributed by atoms with E-state index in [0.29, 0.717) is 0 Å². The molecule has 1 rings (SSSR count). The van der Waals surface area contributed by atoms with E-state index >= 15 is 0 Å². The smallest absolute Gasteiger partial charge is 0.0400 e. The highest BCUT2D eigenvalue weighted by Crippen LogP contribution is 2.19. The van der Waals surface area contributed by atoms with Crippen molar-refractivity contribution in [1.29, 1.82) is 0 Å². The first kappa shape index (κ1) is 10.7. The molecule has 0 heterocycles. The molecule has 0 aliphatic heterocycles. The molecule has 74 valence electrons. The first-order chi connectivity index (χ1) is 6.69. The van der Waals surface area contributed by atoms with Crippen LogP contribution in [-0.4, -0.2) is 6.72 Å². The van der Waals surface area contributed by atoms with E-state index in [1.807, 2.05) is 6.92 Å². The third kappa shape index (κ3) is 2.32. The Kier molecular flexibility index (Phi) is 3.63. The maximum Gasteiger partial charge on any atom is 0.0400 e. The highest BCUT2D eigenvalue weighted by Gasteiger charge is 1.98. The summed E-state index contributed by atoms with van der Waals surface area (Å²) in [6.45, 7) is 9.75. The Labute approximate surface area is 86.2 Å². The normalized spacial score (nSPS) is 12.2. The Morgan fingerprint density at radius 1 is 1.21 bits per heavy atom. The zero-order valence-corrected chi connectivity index (χ0v) is 9.17. The lowest BCUT2D eigenvalue weighted by Gasteiger charge is -2.04. The van der Waals surface area contributed by atoms with Gasteiger partial charge in [-0.1, -0.05) is 31.2 Å². The number of nitrogens with zero attached hydrogens (tertiary/aromatic N) is 1. The Morgan fingerprint density at radius 2 is 1.79 bits per heavy atom. The van der Waals surface area contributed by atoms with Crippen LogP contribution in [0, 0.1) is 0 Å². The molecular weight excluding hydrogens is 170 g/mol. The Hall–Kier alpha value is -1.37. The Morgan fingerprint density at radius 3 is 2.21 bits per heavy atom. The fourth-order valence-electron chi connectivity index (χ4n) is 1.32. The summed E-state index contributed by atoms with van der Waals surface area (Å²) >= 11 is 0. The lowest BCUT2D eigenvalue weighted by atomic mass is 10.0. The molecular formula is C13H17N. The molecule has 1 heteroatoms. The topological polar surface area (TPSA) is 12.4 Å². The summed E-state index contributed by atoms with van der Waals surface area (Å²) in [5.41, 5.74) is 4.79. The number of hydrogen-bond donors (Lipinski definition) is 0. The first-order valence-corrected chi connectivity index (χ1v) is 4.92. The van der Waals surface area contributed by atoms with E-state index in [4.69, 9.17) is 0 Å². The minimum atomic E-state index is 0.995. The van der Waals surface area contributed by atoms with Crippen LogP contribution < -0.4 is 0 Å². The van der Waals surface area contributed by atoms with Crippen LogP contribution in [0.2, 0.25) is 0 Å². The van der Waals surface area contributed by atoms with Gasteiger partial charge in [-0.05, 0) is 43.7 Å². The second-order valence-electron chi connectivity index (χ2n) is 3.42. The molecule has 0 aliphatic carbocycles. The molecule has 1 aromatic carbocycles. The molecule has 1 aromatic rings. The van der Waals surface area contributed by atoms with E-state index in [1.165, 1.54) is 16.7 Å². The van der Waals surface area contributed by atoms with Crippen molar-refractivity contribution < 1.29 is 0 Å². The van der Waals surface area contributed by atoms with Crippen LogP contribution in [0.3, 0.4) is 0 Å². The fraction of sp³-hybridized carbons (Fsp3) is 0.308. The SMILES string of the molecule is C=N/C(C)=C(\C)c1ccc(CC)cc1. The van der Waals surface area contributed by atoms with E-state index in [2.05, 4.69) is 49.8 Å². The molecule has 0 aliphatic rings. The van der Waals surface area contributed by atoms with E-state index < -0.39 is 0 Å². The minimum absolute atomic E-state index is 0.995. The van der Waals surface area contributed by atoms with Crippen molar-refractivity contribution in [2.24, 2.45) is 4.99 Å². The van der Waals surface area contributed by atoms with Gasteiger partial charge in [0.05, 0.1) is 0 Å². The van der Waals surface area contributed by atoms with E-state index in [1.54, 1.807) is 0 Å². The van der Waals surface area contributed by atoms with Crippen molar-refractivity contribution in [1.82, 2.24) is 0 Å². The molecule has 0 saturated heterocycles.